The number of non-ortho nitro benzene ring substituents is 1. The van der Waals surface area contributed by atoms with Crippen molar-refractivity contribution in [1.29, 1.82) is 0 Å². The Bertz CT molecular complexity index is 795. The van der Waals surface area contributed by atoms with E-state index in [0.717, 1.165) is 5.56 Å². The van der Waals surface area contributed by atoms with Crippen molar-refractivity contribution >= 4 is 23.4 Å². The molecule has 7 nitrogen and oxygen atoms in total. The maximum Gasteiger partial charge on any atom is 0.348 e. The quantitative estimate of drug-likeness (QED) is 0.531. The third-order valence-corrected chi connectivity index (χ3v) is 5.44. The van der Waals surface area contributed by atoms with E-state index >= 15 is 0 Å². The predicted molar refractivity (Wildman–Crippen MR) is 98.6 cm³/mol. The van der Waals surface area contributed by atoms with Crippen molar-refractivity contribution in [3.63, 3.8) is 0 Å². The van der Waals surface area contributed by atoms with Crippen LogP contribution in [-0.2, 0) is 10.5 Å². The lowest BCUT2D eigenvalue weighted by molar-refractivity contribution is -0.384. The monoisotopic (exact) mass is 377 g/mol. The second-order valence-corrected chi connectivity index (χ2v) is 7.22. The molecule has 0 saturated carbocycles. The maximum atomic E-state index is 11.8. The molecule has 0 heterocycles. The number of rotatable bonds is 8. The molecule has 2 aromatic rings. The molecule has 0 radical (unpaired) electrons. The van der Waals surface area contributed by atoms with E-state index in [4.69, 9.17) is 4.74 Å². The van der Waals surface area contributed by atoms with E-state index < -0.39 is 21.7 Å². The molecule has 2 rings (SSSR count). The number of benzene rings is 2. The third kappa shape index (κ3) is 4.66. The van der Waals surface area contributed by atoms with Crippen LogP contribution in [0.5, 0.6) is 11.5 Å². The fraction of sp³-hybridized carbons (Fsp3) is 0.278. The highest BCUT2D eigenvalue weighted by molar-refractivity contribution is 7.99. The minimum Gasteiger partial charge on any atom is -0.508 e. The number of carboxylic acids is 1. The molecular weight excluding hydrogens is 358 g/mol. The van der Waals surface area contributed by atoms with E-state index in [1.54, 1.807) is 19.1 Å². The van der Waals surface area contributed by atoms with Crippen molar-refractivity contribution in [2.45, 2.75) is 30.5 Å². The molecule has 0 saturated heterocycles. The van der Waals surface area contributed by atoms with Crippen LogP contribution in [0.2, 0.25) is 0 Å². The highest BCUT2D eigenvalue weighted by Crippen LogP contribution is 2.32. The first kappa shape index (κ1) is 19.6. The number of ether oxygens (including phenoxy) is 1. The average molecular weight is 377 g/mol. The molecule has 0 fully saturated rings. The van der Waals surface area contributed by atoms with Crippen molar-refractivity contribution in [2.24, 2.45) is 0 Å². The van der Waals surface area contributed by atoms with Crippen molar-refractivity contribution in [1.82, 2.24) is 0 Å². The Kier molecular flexibility index (Phi) is 6.10. The number of aliphatic carboxylic acids is 1. The van der Waals surface area contributed by atoms with Gasteiger partial charge in [-0.2, -0.15) is 0 Å². The molecule has 0 aliphatic carbocycles. The summed E-state index contributed by atoms with van der Waals surface area (Å²) in [6.45, 7) is 3.21. The van der Waals surface area contributed by atoms with E-state index in [1.165, 1.54) is 55.1 Å². The minimum atomic E-state index is -1.51. The Morgan fingerprint density at radius 2 is 1.96 bits per heavy atom. The van der Waals surface area contributed by atoms with E-state index in [-0.39, 0.29) is 11.4 Å². The number of nitro groups is 1. The molecule has 0 amide bonds. The first-order valence-electron chi connectivity index (χ1n) is 7.79. The minimum absolute atomic E-state index is 0.00269. The van der Waals surface area contributed by atoms with Crippen LogP contribution in [0, 0.1) is 10.1 Å². The number of phenols is 1. The van der Waals surface area contributed by atoms with Gasteiger partial charge >= 0.3 is 5.97 Å². The summed E-state index contributed by atoms with van der Waals surface area (Å²) in [6.07, 6.45) is 0. The number of hydrogen-bond acceptors (Lipinski definition) is 6. The van der Waals surface area contributed by atoms with Crippen molar-refractivity contribution in [3.05, 3.63) is 64.2 Å². The van der Waals surface area contributed by atoms with Crippen molar-refractivity contribution in [3.8, 4) is 11.5 Å². The van der Waals surface area contributed by atoms with Gasteiger partial charge in [0.1, 0.15) is 11.5 Å². The summed E-state index contributed by atoms with van der Waals surface area (Å²) in [5.41, 5.74) is -0.784. The summed E-state index contributed by atoms with van der Waals surface area (Å²) >= 11 is 1.33. The Morgan fingerprint density at radius 3 is 2.54 bits per heavy atom. The second kappa shape index (κ2) is 8.09. The van der Waals surface area contributed by atoms with Crippen molar-refractivity contribution < 1.29 is 24.7 Å². The Labute approximate surface area is 154 Å². The van der Waals surface area contributed by atoms with Gasteiger partial charge in [0.15, 0.2) is 0 Å². The van der Waals surface area contributed by atoms with Crippen LogP contribution in [0.15, 0.2) is 48.5 Å². The second-order valence-electron chi connectivity index (χ2n) is 5.89. The van der Waals surface area contributed by atoms with Gasteiger partial charge in [-0.05, 0) is 43.7 Å². The number of aromatic hydroxyl groups is 1. The number of hydrogen-bond donors (Lipinski definition) is 2. The fourth-order valence-electron chi connectivity index (χ4n) is 2.20. The lowest BCUT2D eigenvalue weighted by Crippen LogP contribution is -2.49. The summed E-state index contributed by atoms with van der Waals surface area (Å²) in [4.78, 5) is 22.2. The van der Waals surface area contributed by atoms with E-state index in [2.05, 4.69) is 0 Å². The number of phenolic OH excluding ortho intramolecular Hbond substituents is 1. The van der Waals surface area contributed by atoms with Crippen LogP contribution in [0.3, 0.4) is 0 Å². The van der Waals surface area contributed by atoms with Gasteiger partial charge < -0.3 is 14.9 Å². The van der Waals surface area contributed by atoms with Gasteiger partial charge in [0.25, 0.3) is 5.69 Å². The van der Waals surface area contributed by atoms with Crippen LogP contribution >= 0.6 is 11.8 Å². The zero-order valence-electron chi connectivity index (χ0n) is 14.3. The maximum absolute atomic E-state index is 11.8. The Morgan fingerprint density at radius 1 is 1.31 bits per heavy atom. The molecule has 2 aromatic carbocycles. The van der Waals surface area contributed by atoms with Gasteiger partial charge in [-0.25, -0.2) is 4.79 Å². The molecule has 0 spiro atoms. The largest absolute Gasteiger partial charge is 0.508 e. The Balaban J connectivity index is 2.11. The highest BCUT2D eigenvalue weighted by atomic mass is 32.2. The first-order valence-corrected chi connectivity index (χ1v) is 8.83. The van der Waals surface area contributed by atoms with Gasteiger partial charge in [-0.3, -0.25) is 10.1 Å². The average Bonchev–Trinajstić information content (AvgIpc) is 2.61. The van der Waals surface area contributed by atoms with Crippen molar-refractivity contribution in [2.75, 3.05) is 0 Å². The summed E-state index contributed by atoms with van der Waals surface area (Å²) in [7, 11) is 0. The van der Waals surface area contributed by atoms with Gasteiger partial charge in [-0.15, -0.1) is 11.8 Å². The summed E-state index contributed by atoms with van der Waals surface area (Å²) in [5.74, 6) is -0.326. The normalized spacial score (nSPS) is 14.2. The van der Waals surface area contributed by atoms with Crippen LogP contribution in [0.1, 0.15) is 19.4 Å². The molecule has 2 unspecified atom stereocenters. The number of thioether (sulfide) groups is 1. The predicted octanol–water partition coefficient (Wildman–Crippen LogP) is 3.84. The molecule has 2 N–H and O–H groups in total. The molecule has 0 bridgehead atoms. The van der Waals surface area contributed by atoms with Gasteiger partial charge in [0.2, 0.25) is 5.60 Å². The standard InChI is InChI=1S/C18H19NO6S/c1-12(26-11-13-4-3-5-14(10-13)19(23)24)18(2,17(21)22)25-16-8-6-15(20)7-9-16/h3-10,12,20H,11H2,1-2H3,(H,21,22). The topological polar surface area (TPSA) is 110 Å². The zero-order chi connectivity index (χ0) is 19.3. The number of nitro benzene ring substituents is 1. The molecule has 0 aliphatic rings. The van der Waals surface area contributed by atoms with E-state index in [0.29, 0.717) is 11.5 Å². The summed E-state index contributed by atoms with van der Waals surface area (Å²) in [5, 5.41) is 29.4. The highest BCUT2D eigenvalue weighted by Gasteiger charge is 2.42. The molecule has 138 valence electrons. The van der Waals surface area contributed by atoms with Gasteiger partial charge in [-0.1, -0.05) is 12.1 Å². The summed E-state index contributed by atoms with van der Waals surface area (Å²) < 4.78 is 5.69. The molecule has 0 aliphatic heterocycles. The number of carbonyl (C=O) groups is 1. The van der Waals surface area contributed by atoms with E-state index in [1.807, 2.05) is 0 Å². The molecule has 2 atom stereocenters. The Hall–Kier alpha value is -2.74. The van der Waals surface area contributed by atoms with Crippen LogP contribution < -0.4 is 4.74 Å². The molecule has 8 heteroatoms. The van der Waals surface area contributed by atoms with Crippen LogP contribution in [0.25, 0.3) is 0 Å². The number of nitrogens with zero attached hydrogens (tertiary/aromatic N) is 1. The number of carboxylic acid groups (broad SMARTS) is 1. The lowest BCUT2D eigenvalue weighted by atomic mass is 10.0. The van der Waals surface area contributed by atoms with Gasteiger partial charge in [0, 0.05) is 17.9 Å². The first-order chi connectivity index (χ1) is 12.2. The van der Waals surface area contributed by atoms with Gasteiger partial charge in [0.05, 0.1) is 10.2 Å². The van der Waals surface area contributed by atoms with E-state index in [9.17, 15) is 25.1 Å². The lowest BCUT2D eigenvalue weighted by Gasteiger charge is -2.32. The fourth-order valence-corrected chi connectivity index (χ4v) is 3.29. The molecule has 0 aromatic heterocycles. The third-order valence-electron chi connectivity index (χ3n) is 3.99. The SMILES string of the molecule is CC(SCc1cccc([N+](=O)[O-])c1)C(C)(Oc1ccc(O)cc1)C(=O)O. The molecular formula is C18H19NO6S. The van der Waals surface area contributed by atoms with Crippen LogP contribution in [-0.4, -0.2) is 32.0 Å². The smallest absolute Gasteiger partial charge is 0.348 e. The summed E-state index contributed by atoms with van der Waals surface area (Å²) in [6, 6.07) is 12.1. The molecule has 26 heavy (non-hydrogen) atoms. The van der Waals surface area contributed by atoms with Crippen LogP contribution in [0.4, 0.5) is 5.69 Å². The zero-order valence-corrected chi connectivity index (χ0v) is 15.1.